The lowest BCUT2D eigenvalue weighted by Crippen LogP contribution is -2.23. The van der Waals surface area contributed by atoms with Gasteiger partial charge in [-0.3, -0.25) is 0 Å². The number of halogens is 1. The van der Waals surface area contributed by atoms with Crippen LogP contribution < -0.4 is 10.1 Å². The molecule has 0 aliphatic carbocycles. The molecule has 2 aromatic carbocycles. The Balaban J connectivity index is 1.69. The van der Waals surface area contributed by atoms with Crippen LogP contribution in [0.25, 0.3) is 0 Å². The first kappa shape index (κ1) is 18.8. The first-order valence-corrected chi connectivity index (χ1v) is 8.88. The van der Waals surface area contributed by atoms with E-state index >= 15 is 0 Å². The molecule has 1 unspecified atom stereocenters. The highest BCUT2D eigenvalue weighted by Crippen LogP contribution is 2.40. The van der Waals surface area contributed by atoms with Gasteiger partial charge in [-0.25, -0.2) is 4.39 Å². The van der Waals surface area contributed by atoms with Crippen molar-refractivity contribution < 1.29 is 13.9 Å². The number of hydrogen-bond acceptors (Lipinski definition) is 4. The van der Waals surface area contributed by atoms with Gasteiger partial charge < -0.3 is 19.7 Å². The molecule has 0 saturated heterocycles. The number of methoxy groups -OCH3 is 1. The number of nitrogens with one attached hydrogen (secondary N) is 1. The molecule has 2 aromatic rings. The topological polar surface area (TPSA) is 33.7 Å². The minimum absolute atomic E-state index is 0.167. The molecule has 0 bridgehead atoms. The lowest BCUT2D eigenvalue weighted by molar-refractivity contribution is 0.275. The largest absolute Gasteiger partial charge is 0.499 e. The van der Waals surface area contributed by atoms with Gasteiger partial charge in [0, 0.05) is 26.1 Å². The van der Waals surface area contributed by atoms with Gasteiger partial charge >= 0.3 is 0 Å². The SMILES string of the molecule is C=C(NC)C1=C(OC)CC(c2ccc(OCc3ccccc3F)cc2)N1C. The highest BCUT2D eigenvalue weighted by atomic mass is 19.1. The standard InChI is InChI=1S/C22H25FN2O2/c1-15(24-2)22-21(26-4)13-20(25(22)3)16-9-11-18(12-10-16)27-14-17-7-5-6-8-19(17)23/h5-12,20,24H,1,13-14H2,2-4H3. The van der Waals surface area contributed by atoms with E-state index in [1.165, 1.54) is 6.07 Å². The lowest BCUT2D eigenvalue weighted by Gasteiger charge is -2.26. The van der Waals surface area contributed by atoms with Gasteiger partial charge in [0.2, 0.25) is 0 Å². The average molecular weight is 368 g/mol. The van der Waals surface area contributed by atoms with E-state index in [-0.39, 0.29) is 18.5 Å². The fraction of sp³-hybridized carbons (Fsp3) is 0.273. The molecule has 142 valence electrons. The van der Waals surface area contributed by atoms with Crippen LogP contribution in [0.1, 0.15) is 23.6 Å². The molecule has 0 spiro atoms. The van der Waals surface area contributed by atoms with Crippen LogP contribution in [0.2, 0.25) is 0 Å². The Morgan fingerprint density at radius 2 is 1.93 bits per heavy atom. The van der Waals surface area contributed by atoms with Crippen LogP contribution in [0.15, 0.2) is 72.3 Å². The molecular weight excluding hydrogens is 343 g/mol. The first-order chi connectivity index (χ1) is 13.0. The average Bonchev–Trinajstić information content (AvgIpc) is 3.03. The first-order valence-electron chi connectivity index (χ1n) is 8.88. The molecule has 1 heterocycles. The van der Waals surface area contributed by atoms with Gasteiger partial charge in [0.05, 0.1) is 24.5 Å². The van der Waals surface area contributed by atoms with Crippen LogP contribution in [0.3, 0.4) is 0 Å². The van der Waals surface area contributed by atoms with E-state index in [1.807, 2.05) is 38.4 Å². The summed E-state index contributed by atoms with van der Waals surface area (Å²) in [4.78, 5) is 2.17. The Morgan fingerprint density at radius 1 is 1.22 bits per heavy atom. The van der Waals surface area contributed by atoms with Gasteiger partial charge in [0.15, 0.2) is 0 Å². The number of rotatable bonds is 7. The summed E-state index contributed by atoms with van der Waals surface area (Å²) in [6, 6.07) is 14.7. The second-order valence-corrected chi connectivity index (χ2v) is 6.48. The quantitative estimate of drug-likeness (QED) is 0.787. The van der Waals surface area contributed by atoms with Gasteiger partial charge in [-0.2, -0.15) is 0 Å². The predicted octanol–water partition coefficient (Wildman–Crippen LogP) is 4.37. The molecule has 3 rings (SSSR count). The number of benzene rings is 2. The van der Waals surface area contributed by atoms with Gasteiger partial charge in [0.25, 0.3) is 0 Å². The van der Waals surface area contributed by atoms with Crippen LogP contribution in [0.4, 0.5) is 4.39 Å². The predicted molar refractivity (Wildman–Crippen MR) is 105 cm³/mol. The molecule has 27 heavy (non-hydrogen) atoms. The highest BCUT2D eigenvalue weighted by Gasteiger charge is 2.32. The molecule has 0 amide bonds. The smallest absolute Gasteiger partial charge is 0.129 e. The molecule has 1 atom stereocenters. The van der Waals surface area contributed by atoms with Crippen molar-refractivity contribution in [2.45, 2.75) is 19.1 Å². The van der Waals surface area contributed by atoms with Crippen molar-refractivity contribution in [2.24, 2.45) is 0 Å². The summed E-state index contributed by atoms with van der Waals surface area (Å²) in [7, 11) is 5.58. The molecular formula is C22H25FN2O2. The summed E-state index contributed by atoms with van der Waals surface area (Å²) in [5.41, 5.74) is 3.53. The molecule has 5 heteroatoms. The second kappa shape index (κ2) is 8.16. The molecule has 0 saturated carbocycles. The minimum Gasteiger partial charge on any atom is -0.499 e. The molecule has 4 nitrogen and oxygen atoms in total. The third-order valence-corrected chi connectivity index (χ3v) is 4.91. The summed E-state index contributed by atoms with van der Waals surface area (Å²) in [5, 5.41) is 3.09. The fourth-order valence-electron chi connectivity index (χ4n) is 3.35. The van der Waals surface area contributed by atoms with Crippen LogP contribution in [0, 0.1) is 5.82 Å². The Kier molecular flexibility index (Phi) is 5.69. The van der Waals surface area contributed by atoms with Gasteiger partial charge in [-0.1, -0.05) is 36.9 Å². The Morgan fingerprint density at radius 3 is 2.56 bits per heavy atom. The van der Waals surface area contributed by atoms with E-state index in [1.54, 1.807) is 25.3 Å². The maximum Gasteiger partial charge on any atom is 0.129 e. The Bertz CT molecular complexity index is 846. The minimum atomic E-state index is -0.253. The van der Waals surface area contributed by atoms with Gasteiger partial charge in [-0.05, 0) is 23.8 Å². The normalized spacial score (nSPS) is 16.4. The zero-order valence-electron chi connectivity index (χ0n) is 16.0. The summed E-state index contributed by atoms with van der Waals surface area (Å²) in [5.74, 6) is 1.38. The fourth-order valence-corrected chi connectivity index (χ4v) is 3.35. The van der Waals surface area contributed by atoms with E-state index in [9.17, 15) is 4.39 Å². The molecule has 0 fully saturated rings. The van der Waals surface area contributed by atoms with Crippen LogP contribution >= 0.6 is 0 Å². The van der Waals surface area contributed by atoms with Gasteiger partial charge in [-0.15, -0.1) is 0 Å². The maximum absolute atomic E-state index is 13.7. The molecule has 1 aliphatic heterocycles. The van der Waals surface area contributed by atoms with Crippen molar-refractivity contribution in [1.29, 1.82) is 0 Å². The monoisotopic (exact) mass is 368 g/mol. The number of hydrogen-bond donors (Lipinski definition) is 1. The van der Waals surface area contributed by atoms with E-state index in [2.05, 4.69) is 16.8 Å². The number of likely N-dealkylation sites (N-methyl/N-ethyl adjacent to an activating group) is 2. The zero-order chi connectivity index (χ0) is 19.4. The Labute approximate surface area is 159 Å². The van der Waals surface area contributed by atoms with Crippen LogP contribution in [0.5, 0.6) is 5.75 Å². The molecule has 1 N–H and O–H groups in total. The van der Waals surface area contributed by atoms with E-state index in [4.69, 9.17) is 9.47 Å². The number of nitrogens with zero attached hydrogens (tertiary/aromatic N) is 1. The van der Waals surface area contributed by atoms with Gasteiger partial charge in [0.1, 0.15) is 23.9 Å². The van der Waals surface area contributed by atoms with Crippen molar-refractivity contribution in [3.05, 3.63) is 89.2 Å². The summed E-state index contributed by atoms with van der Waals surface area (Å²) in [6.45, 7) is 4.27. The van der Waals surface area contributed by atoms with Crippen molar-refractivity contribution in [3.63, 3.8) is 0 Å². The van der Waals surface area contributed by atoms with Crippen molar-refractivity contribution in [2.75, 3.05) is 21.2 Å². The lowest BCUT2D eigenvalue weighted by atomic mass is 10.0. The van der Waals surface area contributed by atoms with Crippen LogP contribution in [-0.2, 0) is 11.3 Å². The third-order valence-electron chi connectivity index (χ3n) is 4.91. The summed E-state index contributed by atoms with van der Waals surface area (Å²) < 4.78 is 25.0. The number of ether oxygens (including phenoxy) is 2. The zero-order valence-corrected chi connectivity index (χ0v) is 16.0. The van der Waals surface area contributed by atoms with Crippen molar-refractivity contribution in [1.82, 2.24) is 10.2 Å². The maximum atomic E-state index is 13.7. The summed E-state index contributed by atoms with van der Waals surface area (Å²) in [6.07, 6.45) is 0.776. The third kappa shape index (κ3) is 3.92. The second-order valence-electron chi connectivity index (χ2n) is 6.48. The van der Waals surface area contributed by atoms with E-state index < -0.39 is 0 Å². The van der Waals surface area contributed by atoms with E-state index in [0.717, 1.165) is 29.1 Å². The van der Waals surface area contributed by atoms with Crippen molar-refractivity contribution in [3.8, 4) is 5.75 Å². The summed E-state index contributed by atoms with van der Waals surface area (Å²) >= 11 is 0. The molecule has 0 radical (unpaired) electrons. The molecule has 0 aromatic heterocycles. The van der Waals surface area contributed by atoms with Crippen molar-refractivity contribution >= 4 is 0 Å². The Hall–Kier alpha value is -2.95. The van der Waals surface area contributed by atoms with Crippen LogP contribution in [-0.4, -0.2) is 26.1 Å². The highest BCUT2D eigenvalue weighted by molar-refractivity contribution is 5.38. The molecule has 1 aliphatic rings. The van der Waals surface area contributed by atoms with E-state index in [0.29, 0.717) is 11.3 Å².